The van der Waals surface area contributed by atoms with E-state index in [2.05, 4.69) is 5.10 Å². The SMILES string of the molecule is Cc1ccc(-n2nc3n(c2=O)CCN(C(=O)N(C)C)C3)cc1. The Morgan fingerprint density at radius 3 is 2.50 bits per heavy atom. The Balaban J connectivity index is 1.94. The van der Waals surface area contributed by atoms with Crippen molar-refractivity contribution >= 4 is 6.03 Å². The molecular weight excluding hydrogens is 282 g/mol. The van der Waals surface area contributed by atoms with Gasteiger partial charge < -0.3 is 9.80 Å². The van der Waals surface area contributed by atoms with Crippen LogP contribution >= 0.6 is 0 Å². The van der Waals surface area contributed by atoms with Crippen molar-refractivity contribution in [1.29, 1.82) is 0 Å². The number of hydrogen-bond acceptors (Lipinski definition) is 3. The van der Waals surface area contributed by atoms with E-state index in [4.69, 9.17) is 0 Å². The topological polar surface area (TPSA) is 63.4 Å². The molecule has 0 saturated carbocycles. The maximum Gasteiger partial charge on any atom is 0.350 e. The van der Waals surface area contributed by atoms with Gasteiger partial charge in [0.1, 0.15) is 0 Å². The van der Waals surface area contributed by atoms with E-state index < -0.39 is 0 Å². The molecule has 3 rings (SSSR count). The number of aryl methyl sites for hydroxylation is 1. The zero-order valence-electron chi connectivity index (χ0n) is 13.0. The normalized spacial score (nSPS) is 13.9. The monoisotopic (exact) mass is 301 g/mol. The molecule has 2 amide bonds. The molecule has 0 aliphatic carbocycles. The van der Waals surface area contributed by atoms with Crippen molar-refractivity contribution in [2.24, 2.45) is 0 Å². The molecule has 7 heteroatoms. The zero-order valence-corrected chi connectivity index (χ0v) is 13.0. The van der Waals surface area contributed by atoms with Gasteiger partial charge >= 0.3 is 11.7 Å². The van der Waals surface area contributed by atoms with E-state index in [1.807, 2.05) is 31.2 Å². The summed E-state index contributed by atoms with van der Waals surface area (Å²) in [5.41, 5.74) is 1.71. The second-order valence-corrected chi connectivity index (χ2v) is 5.70. The predicted octanol–water partition coefficient (Wildman–Crippen LogP) is 0.840. The number of hydrogen-bond donors (Lipinski definition) is 0. The van der Waals surface area contributed by atoms with Gasteiger partial charge in [0.2, 0.25) is 0 Å². The lowest BCUT2D eigenvalue weighted by molar-refractivity contribution is 0.156. The summed E-state index contributed by atoms with van der Waals surface area (Å²) in [6.45, 7) is 3.34. The van der Waals surface area contributed by atoms with Crippen molar-refractivity contribution in [3.63, 3.8) is 0 Å². The minimum atomic E-state index is -0.157. The molecule has 0 bridgehead atoms. The highest BCUT2D eigenvalue weighted by Crippen LogP contribution is 2.12. The molecule has 0 atom stereocenters. The number of carbonyl (C=O) groups is 1. The average molecular weight is 301 g/mol. The van der Waals surface area contributed by atoms with Crippen molar-refractivity contribution in [2.45, 2.75) is 20.0 Å². The van der Waals surface area contributed by atoms with Crippen molar-refractivity contribution < 1.29 is 4.79 Å². The number of amides is 2. The van der Waals surface area contributed by atoms with Crippen LogP contribution in [0.3, 0.4) is 0 Å². The second kappa shape index (κ2) is 5.32. The number of aromatic nitrogens is 3. The third-order valence-corrected chi connectivity index (χ3v) is 3.80. The van der Waals surface area contributed by atoms with Crippen LogP contribution in [0.2, 0.25) is 0 Å². The Morgan fingerprint density at radius 2 is 1.86 bits per heavy atom. The molecule has 116 valence electrons. The van der Waals surface area contributed by atoms with Gasteiger partial charge in [-0.25, -0.2) is 9.59 Å². The number of fused-ring (bicyclic) bond motifs is 1. The highest BCUT2D eigenvalue weighted by Gasteiger charge is 2.26. The van der Waals surface area contributed by atoms with Gasteiger partial charge in [-0.05, 0) is 19.1 Å². The predicted molar refractivity (Wildman–Crippen MR) is 82.1 cm³/mol. The molecule has 2 aromatic rings. The lowest BCUT2D eigenvalue weighted by Gasteiger charge is -2.29. The van der Waals surface area contributed by atoms with E-state index >= 15 is 0 Å². The summed E-state index contributed by atoms with van der Waals surface area (Å²) in [5, 5.41) is 4.40. The molecule has 1 aliphatic rings. The minimum Gasteiger partial charge on any atom is -0.331 e. The highest BCUT2D eigenvalue weighted by atomic mass is 16.2. The molecule has 2 heterocycles. The van der Waals surface area contributed by atoms with Gasteiger partial charge in [0.25, 0.3) is 0 Å². The van der Waals surface area contributed by atoms with Crippen LogP contribution < -0.4 is 5.69 Å². The van der Waals surface area contributed by atoms with Gasteiger partial charge in [-0.2, -0.15) is 4.68 Å². The maximum atomic E-state index is 12.5. The summed E-state index contributed by atoms with van der Waals surface area (Å²) in [6.07, 6.45) is 0. The molecule has 0 spiro atoms. The van der Waals surface area contributed by atoms with E-state index in [-0.39, 0.29) is 11.7 Å². The van der Waals surface area contributed by atoms with E-state index in [0.29, 0.717) is 25.5 Å². The van der Waals surface area contributed by atoms with Gasteiger partial charge in [-0.15, -0.1) is 5.10 Å². The lowest BCUT2D eigenvalue weighted by Crippen LogP contribution is -2.45. The summed E-state index contributed by atoms with van der Waals surface area (Å²) in [7, 11) is 3.43. The first-order valence-electron chi connectivity index (χ1n) is 7.19. The van der Waals surface area contributed by atoms with Crippen molar-refractivity contribution in [1.82, 2.24) is 24.1 Å². The van der Waals surface area contributed by atoms with Crippen LogP contribution in [0.25, 0.3) is 5.69 Å². The molecule has 0 fully saturated rings. The summed E-state index contributed by atoms with van der Waals surface area (Å²) in [6, 6.07) is 7.57. The zero-order chi connectivity index (χ0) is 15.9. The van der Waals surface area contributed by atoms with Crippen LogP contribution in [0.5, 0.6) is 0 Å². The van der Waals surface area contributed by atoms with E-state index in [9.17, 15) is 9.59 Å². The molecule has 0 saturated heterocycles. The molecule has 0 N–H and O–H groups in total. The number of benzene rings is 1. The van der Waals surface area contributed by atoms with Crippen molar-refractivity contribution in [3.8, 4) is 5.69 Å². The maximum absolute atomic E-state index is 12.5. The van der Waals surface area contributed by atoms with Crippen LogP contribution in [-0.4, -0.2) is 50.8 Å². The van der Waals surface area contributed by atoms with Crippen LogP contribution in [-0.2, 0) is 13.1 Å². The molecule has 1 aromatic heterocycles. The van der Waals surface area contributed by atoms with Crippen molar-refractivity contribution in [3.05, 3.63) is 46.1 Å². The first-order valence-corrected chi connectivity index (χ1v) is 7.19. The molecule has 1 aliphatic heterocycles. The minimum absolute atomic E-state index is 0.0661. The molecule has 0 unspecified atom stereocenters. The van der Waals surface area contributed by atoms with E-state index in [1.54, 1.807) is 23.6 Å². The van der Waals surface area contributed by atoms with Crippen LogP contribution in [0, 0.1) is 6.92 Å². The highest BCUT2D eigenvalue weighted by molar-refractivity contribution is 5.73. The van der Waals surface area contributed by atoms with Crippen LogP contribution in [0.4, 0.5) is 4.79 Å². The summed E-state index contributed by atoms with van der Waals surface area (Å²) >= 11 is 0. The van der Waals surface area contributed by atoms with E-state index in [1.165, 1.54) is 9.58 Å². The Morgan fingerprint density at radius 1 is 1.18 bits per heavy atom. The number of carbonyl (C=O) groups excluding carboxylic acids is 1. The second-order valence-electron chi connectivity index (χ2n) is 5.70. The standard InChI is InChI=1S/C15H19N5O2/c1-11-4-6-12(7-5-11)20-15(22)19-9-8-18(10-13(19)16-20)14(21)17(2)3/h4-7H,8-10H2,1-3H3. The summed E-state index contributed by atoms with van der Waals surface area (Å²) in [4.78, 5) is 27.7. The fourth-order valence-corrected chi connectivity index (χ4v) is 2.55. The van der Waals surface area contributed by atoms with Gasteiger partial charge in [0.15, 0.2) is 5.82 Å². The third-order valence-electron chi connectivity index (χ3n) is 3.80. The first kappa shape index (κ1) is 14.4. The molecular formula is C15H19N5O2. The molecule has 1 aromatic carbocycles. The third kappa shape index (κ3) is 2.38. The average Bonchev–Trinajstić information content (AvgIpc) is 2.84. The van der Waals surface area contributed by atoms with Gasteiger partial charge in [0, 0.05) is 27.2 Å². The molecule has 0 radical (unpaired) electrons. The van der Waals surface area contributed by atoms with Gasteiger partial charge in [0.05, 0.1) is 12.2 Å². The first-order chi connectivity index (χ1) is 10.5. The summed E-state index contributed by atoms with van der Waals surface area (Å²) in [5.74, 6) is 0.618. The molecule has 7 nitrogen and oxygen atoms in total. The fraction of sp³-hybridized carbons (Fsp3) is 0.400. The van der Waals surface area contributed by atoms with Crippen molar-refractivity contribution in [2.75, 3.05) is 20.6 Å². The largest absolute Gasteiger partial charge is 0.350 e. The smallest absolute Gasteiger partial charge is 0.331 e. The van der Waals surface area contributed by atoms with Crippen LogP contribution in [0.1, 0.15) is 11.4 Å². The van der Waals surface area contributed by atoms with Gasteiger partial charge in [-0.3, -0.25) is 4.57 Å². The number of nitrogens with zero attached hydrogens (tertiary/aromatic N) is 5. The number of rotatable bonds is 1. The Kier molecular flexibility index (Phi) is 3.48. The Labute approximate surface area is 128 Å². The molecule has 22 heavy (non-hydrogen) atoms. The lowest BCUT2D eigenvalue weighted by atomic mass is 10.2. The van der Waals surface area contributed by atoms with Crippen LogP contribution in [0.15, 0.2) is 29.1 Å². The quantitative estimate of drug-likeness (QED) is 0.784. The summed E-state index contributed by atoms with van der Waals surface area (Å²) < 4.78 is 3.04. The van der Waals surface area contributed by atoms with E-state index in [0.717, 1.165) is 11.3 Å². The Hall–Kier alpha value is -2.57. The van der Waals surface area contributed by atoms with Gasteiger partial charge in [-0.1, -0.05) is 17.7 Å². The Bertz CT molecular complexity index is 757. The number of urea groups is 1. The fourth-order valence-electron chi connectivity index (χ4n) is 2.55.